The lowest BCUT2D eigenvalue weighted by atomic mass is 10.0. The van der Waals surface area contributed by atoms with Crippen molar-refractivity contribution in [2.45, 2.75) is 18.4 Å². The molecule has 0 saturated carbocycles. The van der Waals surface area contributed by atoms with E-state index in [4.69, 9.17) is 4.74 Å². The molecule has 0 aliphatic carbocycles. The number of H-pyrrole nitrogens is 1. The van der Waals surface area contributed by atoms with Crippen molar-refractivity contribution < 1.29 is 14.2 Å². The average molecular weight is 370 g/mol. The molecule has 6 nitrogen and oxygen atoms in total. The molecule has 1 fully saturated rings. The number of aromatic amines is 1. The molecule has 2 rings (SSSR count). The third-order valence-corrected chi connectivity index (χ3v) is 3.82. The van der Waals surface area contributed by atoms with Crippen LogP contribution >= 0.6 is 22.6 Å². The second kappa shape index (κ2) is 5.49. The van der Waals surface area contributed by atoms with Crippen molar-refractivity contribution in [3.63, 3.8) is 0 Å². The molecule has 0 radical (unpaired) electrons. The van der Waals surface area contributed by atoms with E-state index in [2.05, 4.69) is 4.98 Å². The first-order valence-electron chi connectivity index (χ1n) is 5.35. The summed E-state index contributed by atoms with van der Waals surface area (Å²) in [6.45, 7) is -0.801. The molecule has 0 bridgehead atoms. The topological polar surface area (TPSA) is 84.3 Å². The fraction of sp³-hybridized carbons (Fsp3) is 0.600. The van der Waals surface area contributed by atoms with E-state index in [1.54, 1.807) is 0 Å². The lowest BCUT2D eigenvalue weighted by Crippen LogP contribution is -2.35. The van der Waals surface area contributed by atoms with Gasteiger partial charge in [-0.1, -0.05) is 22.6 Å². The summed E-state index contributed by atoms with van der Waals surface area (Å²) in [6.07, 6.45) is -1.13. The lowest BCUT2D eigenvalue weighted by molar-refractivity contribution is -0.0134. The highest BCUT2D eigenvalue weighted by Crippen LogP contribution is 2.34. The van der Waals surface area contributed by atoms with E-state index in [0.29, 0.717) is 4.43 Å². The number of aliphatic hydroxyl groups excluding tert-OH is 1. The molecule has 8 heteroatoms. The van der Waals surface area contributed by atoms with E-state index in [1.165, 1.54) is 6.20 Å². The Morgan fingerprint density at radius 3 is 2.83 bits per heavy atom. The number of hydrogen-bond acceptors (Lipinski definition) is 4. The number of alkyl halides is 2. The van der Waals surface area contributed by atoms with Crippen LogP contribution in [0, 0.1) is 5.92 Å². The summed E-state index contributed by atoms with van der Waals surface area (Å²) in [6, 6.07) is 1.16. The molecule has 1 aromatic rings. The molecule has 0 spiro atoms. The highest BCUT2D eigenvalue weighted by molar-refractivity contribution is 14.1. The zero-order chi connectivity index (χ0) is 13.3. The number of ether oxygens (including phenoxy) is 1. The fourth-order valence-corrected chi connectivity index (χ4v) is 2.73. The van der Waals surface area contributed by atoms with E-state index in [9.17, 15) is 19.1 Å². The summed E-state index contributed by atoms with van der Waals surface area (Å²) in [5, 5.41) is 9.87. The first kappa shape index (κ1) is 13.7. The van der Waals surface area contributed by atoms with Crippen molar-refractivity contribution in [2.24, 2.45) is 5.92 Å². The van der Waals surface area contributed by atoms with Crippen molar-refractivity contribution in [3.8, 4) is 0 Å². The first-order valence-corrected chi connectivity index (χ1v) is 6.88. The largest absolute Gasteiger partial charge is 0.390 e. The summed E-state index contributed by atoms with van der Waals surface area (Å²) in [5.41, 5.74) is -1.20. The highest BCUT2D eigenvalue weighted by atomic mass is 127. The van der Waals surface area contributed by atoms with E-state index in [-0.39, 0.29) is 0 Å². The molecule has 4 atom stereocenters. The number of aliphatic hydroxyl groups is 1. The van der Waals surface area contributed by atoms with Crippen LogP contribution in [0.4, 0.5) is 4.39 Å². The molecule has 1 saturated heterocycles. The van der Waals surface area contributed by atoms with Crippen molar-refractivity contribution in [1.29, 1.82) is 0 Å². The predicted molar refractivity (Wildman–Crippen MR) is 69.6 cm³/mol. The molecule has 2 heterocycles. The van der Waals surface area contributed by atoms with Crippen LogP contribution in [0.1, 0.15) is 6.23 Å². The zero-order valence-corrected chi connectivity index (χ0v) is 11.4. The van der Waals surface area contributed by atoms with Crippen molar-refractivity contribution in [2.75, 3.05) is 11.1 Å². The molecular formula is C10H12FIN2O4. The van der Waals surface area contributed by atoms with Gasteiger partial charge in [-0.3, -0.25) is 18.7 Å². The minimum absolute atomic E-state index is 0.490. The normalized spacial score (nSPS) is 31.7. The van der Waals surface area contributed by atoms with Gasteiger partial charge in [0, 0.05) is 16.7 Å². The molecule has 1 aliphatic rings. The minimum Gasteiger partial charge on any atom is -0.390 e. The smallest absolute Gasteiger partial charge is 0.330 e. The molecule has 0 amide bonds. The van der Waals surface area contributed by atoms with Gasteiger partial charge in [0.15, 0.2) is 0 Å². The van der Waals surface area contributed by atoms with Gasteiger partial charge in [0.2, 0.25) is 0 Å². The van der Waals surface area contributed by atoms with Gasteiger partial charge in [0.25, 0.3) is 5.56 Å². The number of halogens is 2. The Balaban J connectivity index is 2.38. The van der Waals surface area contributed by atoms with Gasteiger partial charge in [0.1, 0.15) is 6.23 Å². The molecule has 1 aromatic heterocycles. The number of aromatic nitrogens is 2. The van der Waals surface area contributed by atoms with Crippen LogP contribution < -0.4 is 11.2 Å². The maximum Gasteiger partial charge on any atom is 0.330 e. The van der Waals surface area contributed by atoms with Crippen LogP contribution in [0.15, 0.2) is 21.9 Å². The van der Waals surface area contributed by atoms with Crippen molar-refractivity contribution in [1.82, 2.24) is 9.55 Å². The van der Waals surface area contributed by atoms with Crippen LogP contribution in [0.3, 0.4) is 0 Å². The lowest BCUT2D eigenvalue weighted by Gasteiger charge is -2.18. The van der Waals surface area contributed by atoms with Gasteiger partial charge < -0.3 is 9.84 Å². The summed E-state index contributed by atoms with van der Waals surface area (Å²) in [5.74, 6) is -0.812. The van der Waals surface area contributed by atoms with Gasteiger partial charge >= 0.3 is 5.69 Å². The van der Waals surface area contributed by atoms with E-state index in [0.717, 1.165) is 10.6 Å². The maximum absolute atomic E-state index is 13.0. The average Bonchev–Trinajstić information content (AvgIpc) is 2.65. The molecular weight excluding hydrogens is 358 g/mol. The number of nitrogens with one attached hydrogen (secondary N) is 1. The second-order valence-electron chi connectivity index (χ2n) is 4.05. The summed E-state index contributed by atoms with van der Waals surface area (Å²) >= 11 is 2.02. The molecule has 1 aliphatic heterocycles. The standard InChI is InChI=1S/C10H12FIN2O4/c11-3-5-8(16)6(4-12)18-9(5)14-2-1-7(15)13-10(14)17/h1-2,5-6,8-9,16H,3-4H2,(H,13,15,17)/t5-,6+,8-,9+/m0/s1. The minimum atomic E-state index is -0.962. The fourth-order valence-electron chi connectivity index (χ4n) is 2.00. The third kappa shape index (κ3) is 2.36. The van der Waals surface area contributed by atoms with Gasteiger partial charge in [-0.2, -0.15) is 0 Å². The predicted octanol–water partition coefficient (Wildman–Crippen LogP) is -0.184. The van der Waals surface area contributed by atoms with Crippen LogP contribution in [0.2, 0.25) is 0 Å². The Kier molecular flexibility index (Phi) is 4.17. The molecule has 0 aromatic carbocycles. The van der Waals surface area contributed by atoms with Crippen molar-refractivity contribution in [3.05, 3.63) is 33.1 Å². The van der Waals surface area contributed by atoms with Crippen molar-refractivity contribution >= 4 is 22.6 Å². The monoisotopic (exact) mass is 370 g/mol. The second-order valence-corrected chi connectivity index (χ2v) is 4.93. The summed E-state index contributed by atoms with van der Waals surface area (Å²) < 4.78 is 20.0. The van der Waals surface area contributed by atoms with Crippen LogP contribution in [0.5, 0.6) is 0 Å². The summed E-state index contributed by atoms with van der Waals surface area (Å²) in [4.78, 5) is 24.6. The quantitative estimate of drug-likeness (QED) is 0.571. The Labute approximate surface area is 115 Å². The van der Waals surface area contributed by atoms with E-state index in [1.807, 2.05) is 22.6 Å². The molecule has 18 heavy (non-hydrogen) atoms. The Bertz CT molecular complexity index is 531. The number of hydrogen-bond donors (Lipinski definition) is 2. The first-order chi connectivity index (χ1) is 8.58. The number of nitrogens with zero attached hydrogens (tertiary/aromatic N) is 1. The van der Waals surface area contributed by atoms with Crippen LogP contribution in [-0.2, 0) is 4.74 Å². The van der Waals surface area contributed by atoms with Gasteiger partial charge in [0.05, 0.1) is 24.8 Å². The molecule has 2 N–H and O–H groups in total. The molecule has 0 unspecified atom stereocenters. The Morgan fingerprint density at radius 2 is 2.28 bits per heavy atom. The Hall–Kier alpha value is -0.740. The van der Waals surface area contributed by atoms with E-state index >= 15 is 0 Å². The third-order valence-electron chi connectivity index (χ3n) is 2.96. The maximum atomic E-state index is 13.0. The van der Waals surface area contributed by atoms with Gasteiger partial charge in [-0.25, -0.2) is 4.79 Å². The SMILES string of the molecule is O=c1ccn([C@@H]2O[C@H](CI)[C@@H](O)[C@@H]2CF)c(=O)[nH]1. The van der Waals surface area contributed by atoms with Crippen LogP contribution in [0.25, 0.3) is 0 Å². The van der Waals surface area contributed by atoms with E-state index < -0.39 is 42.3 Å². The summed E-state index contributed by atoms with van der Waals surface area (Å²) in [7, 11) is 0. The number of rotatable bonds is 3. The van der Waals surface area contributed by atoms with Crippen LogP contribution in [-0.4, -0.2) is 38.0 Å². The van der Waals surface area contributed by atoms with Gasteiger partial charge in [-0.15, -0.1) is 0 Å². The zero-order valence-electron chi connectivity index (χ0n) is 9.25. The Morgan fingerprint density at radius 1 is 1.56 bits per heavy atom. The van der Waals surface area contributed by atoms with Gasteiger partial charge in [-0.05, 0) is 0 Å². The molecule has 100 valence electrons. The highest BCUT2D eigenvalue weighted by Gasteiger charge is 2.44.